The SMILES string of the molecule is C(=NNc1nc2ccccc2s1)c1ccc(N(c2ccccc2)c2ccccc2)cc1. The maximum absolute atomic E-state index is 4.54. The van der Waals surface area contributed by atoms with Crippen LogP contribution in [0.4, 0.5) is 22.2 Å². The van der Waals surface area contributed by atoms with Crippen molar-refractivity contribution in [3.8, 4) is 0 Å². The van der Waals surface area contributed by atoms with Crippen LogP contribution in [0.1, 0.15) is 5.56 Å². The predicted octanol–water partition coefficient (Wildman–Crippen LogP) is 7.21. The van der Waals surface area contributed by atoms with Gasteiger partial charge in [-0.05, 0) is 54.1 Å². The molecule has 0 aliphatic carbocycles. The fourth-order valence-corrected chi connectivity index (χ4v) is 4.21. The van der Waals surface area contributed by atoms with E-state index in [-0.39, 0.29) is 0 Å². The Morgan fingerprint density at radius 3 is 1.90 bits per heavy atom. The monoisotopic (exact) mass is 420 g/mol. The largest absolute Gasteiger partial charge is 0.311 e. The Bertz CT molecular complexity index is 1220. The molecule has 0 amide bonds. The van der Waals surface area contributed by atoms with E-state index >= 15 is 0 Å². The van der Waals surface area contributed by atoms with Crippen molar-refractivity contribution in [3.63, 3.8) is 0 Å². The quantitative estimate of drug-likeness (QED) is 0.233. The van der Waals surface area contributed by atoms with Gasteiger partial charge in [-0.3, -0.25) is 5.43 Å². The zero-order valence-electron chi connectivity index (χ0n) is 16.7. The summed E-state index contributed by atoms with van der Waals surface area (Å²) in [6.45, 7) is 0. The van der Waals surface area contributed by atoms with E-state index in [1.165, 1.54) is 0 Å². The normalized spacial score (nSPS) is 11.1. The molecule has 1 N–H and O–H groups in total. The molecule has 5 heteroatoms. The van der Waals surface area contributed by atoms with Gasteiger partial charge in [-0.25, -0.2) is 4.98 Å². The van der Waals surface area contributed by atoms with Crippen LogP contribution in [0.3, 0.4) is 0 Å². The van der Waals surface area contributed by atoms with E-state index in [1.807, 2.05) is 36.5 Å². The van der Waals surface area contributed by atoms with E-state index in [9.17, 15) is 0 Å². The molecule has 0 saturated carbocycles. The van der Waals surface area contributed by atoms with Gasteiger partial charge in [0, 0.05) is 17.1 Å². The lowest BCUT2D eigenvalue weighted by molar-refractivity contribution is 1.28. The van der Waals surface area contributed by atoms with Gasteiger partial charge in [0.1, 0.15) is 0 Å². The Balaban J connectivity index is 1.36. The van der Waals surface area contributed by atoms with Gasteiger partial charge in [0.25, 0.3) is 0 Å². The average molecular weight is 421 g/mol. The van der Waals surface area contributed by atoms with Gasteiger partial charge in [0.05, 0.1) is 16.4 Å². The lowest BCUT2D eigenvalue weighted by Crippen LogP contribution is -2.09. The molecule has 0 radical (unpaired) electrons. The zero-order chi connectivity index (χ0) is 20.9. The summed E-state index contributed by atoms with van der Waals surface area (Å²) >= 11 is 1.59. The molecule has 4 nitrogen and oxygen atoms in total. The number of hydrazone groups is 1. The minimum atomic E-state index is 0.786. The van der Waals surface area contributed by atoms with Gasteiger partial charge in [-0.15, -0.1) is 0 Å². The predicted molar refractivity (Wildman–Crippen MR) is 132 cm³/mol. The summed E-state index contributed by atoms with van der Waals surface area (Å²) in [5.74, 6) is 0. The standard InChI is InChI=1S/C26H20N4S/c1-3-9-21(10-4-1)30(22-11-5-2-6-12-22)23-17-15-20(16-18-23)19-27-29-26-28-24-13-7-8-14-25(24)31-26/h1-19H,(H,28,29). The average Bonchev–Trinajstić information content (AvgIpc) is 3.25. The Morgan fingerprint density at radius 1 is 0.677 bits per heavy atom. The highest BCUT2D eigenvalue weighted by Crippen LogP contribution is 2.34. The number of thiazole rings is 1. The second kappa shape index (κ2) is 8.81. The van der Waals surface area contributed by atoms with Crippen LogP contribution in [0, 0.1) is 0 Å². The number of nitrogens with one attached hydrogen (secondary N) is 1. The van der Waals surface area contributed by atoms with E-state index in [4.69, 9.17) is 0 Å². The van der Waals surface area contributed by atoms with Crippen LogP contribution in [0.5, 0.6) is 0 Å². The molecule has 1 aromatic heterocycles. The molecule has 0 atom stereocenters. The number of hydrogen-bond donors (Lipinski definition) is 1. The maximum Gasteiger partial charge on any atom is 0.204 e. The molecule has 0 aliphatic rings. The first kappa shape index (κ1) is 19.0. The highest BCUT2D eigenvalue weighted by molar-refractivity contribution is 7.22. The number of anilines is 4. The zero-order valence-corrected chi connectivity index (χ0v) is 17.5. The molecule has 5 aromatic rings. The molecule has 5 rings (SSSR count). The number of fused-ring (bicyclic) bond motifs is 1. The van der Waals surface area contributed by atoms with Crippen LogP contribution in [0.15, 0.2) is 114 Å². The topological polar surface area (TPSA) is 40.5 Å². The molecule has 0 spiro atoms. The summed E-state index contributed by atoms with van der Waals surface area (Å²) in [6.07, 6.45) is 1.81. The molecule has 31 heavy (non-hydrogen) atoms. The van der Waals surface area contributed by atoms with Crippen molar-refractivity contribution in [2.75, 3.05) is 10.3 Å². The van der Waals surface area contributed by atoms with Gasteiger partial charge in [0.2, 0.25) is 5.13 Å². The van der Waals surface area contributed by atoms with E-state index < -0.39 is 0 Å². The Kier molecular flexibility index (Phi) is 5.41. The molecular weight excluding hydrogens is 400 g/mol. The lowest BCUT2D eigenvalue weighted by atomic mass is 10.1. The first-order chi connectivity index (χ1) is 15.4. The Hall–Kier alpha value is -3.96. The van der Waals surface area contributed by atoms with Crippen LogP contribution < -0.4 is 10.3 Å². The van der Waals surface area contributed by atoms with Crippen molar-refractivity contribution in [2.24, 2.45) is 5.10 Å². The van der Waals surface area contributed by atoms with E-state index in [0.29, 0.717) is 0 Å². The van der Waals surface area contributed by atoms with Crippen molar-refractivity contribution in [3.05, 3.63) is 115 Å². The smallest absolute Gasteiger partial charge is 0.204 e. The molecule has 0 fully saturated rings. The van der Waals surface area contributed by atoms with Gasteiger partial charge < -0.3 is 4.90 Å². The molecule has 1 heterocycles. The first-order valence-corrected chi connectivity index (χ1v) is 10.8. The van der Waals surface area contributed by atoms with E-state index in [2.05, 4.69) is 99.3 Å². The van der Waals surface area contributed by atoms with Crippen LogP contribution in [0.25, 0.3) is 10.2 Å². The van der Waals surface area contributed by atoms with Crippen molar-refractivity contribution in [1.29, 1.82) is 0 Å². The van der Waals surface area contributed by atoms with Gasteiger partial charge in [-0.2, -0.15) is 5.10 Å². The third-order valence-electron chi connectivity index (χ3n) is 4.85. The molecule has 0 saturated heterocycles. The van der Waals surface area contributed by atoms with Crippen LogP contribution >= 0.6 is 11.3 Å². The third kappa shape index (κ3) is 4.32. The molecule has 0 unspecified atom stereocenters. The molecule has 0 bridgehead atoms. The van der Waals surface area contributed by atoms with Gasteiger partial charge >= 0.3 is 0 Å². The Morgan fingerprint density at radius 2 is 1.26 bits per heavy atom. The first-order valence-electron chi connectivity index (χ1n) is 10.0. The van der Waals surface area contributed by atoms with Crippen molar-refractivity contribution >= 4 is 50.0 Å². The van der Waals surface area contributed by atoms with Crippen LogP contribution in [0.2, 0.25) is 0 Å². The molecule has 150 valence electrons. The minimum Gasteiger partial charge on any atom is -0.311 e. The molecule has 0 aliphatic heterocycles. The maximum atomic E-state index is 4.54. The number of benzene rings is 4. The second-order valence-corrected chi connectivity index (χ2v) is 7.99. The van der Waals surface area contributed by atoms with Gasteiger partial charge in [-0.1, -0.05) is 72.0 Å². The highest BCUT2D eigenvalue weighted by Gasteiger charge is 2.11. The van der Waals surface area contributed by atoms with Crippen molar-refractivity contribution < 1.29 is 0 Å². The number of aromatic nitrogens is 1. The fourth-order valence-electron chi connectivity index (χ4n) is 3.39. The molecule has 4 aromatic carbocycles. The summed E-state index contributed by atoms with van der Waals surface area (Å²) in [4.78, 5) is 6.77. The number of hydrogen-bond acceptors (Lipinski definition) is 5. The van der Waals surface area contributed by atoms with Crippen LogP contribution in [-0.4, -0.2) is 11.2 Å². The number of nitrogens with zero attached hydrogens (tertiary/aromatic N) is 3. The third-order valence-corrected chi connectivity index (χ3v) is 5.79. The second-order valence-electron chi connectivity index (χ2n) is 6.95. The number of para-hydroxylation sites is 3. The summed E-state index contributed by atoms with van der Waals surface area (Å²) in [5.41, 5.74) is 8.36. The highest BCUT2D eigenvalue weighted by atomic mass is 32.1. The van der Waals surface area contributed by atoms with Crippen molar-refractivity contribution in [2.45, 2.75) is 0 Å². The minimum absolute atomic E-state index is 0.786. The van der Waals surface area contributed by atoms with Crippen molar-refractivity contribution in [1.82, 2.24) is 4.98 Å². The molecular formula is C26H20N4S. The summed E-state index contributed by atoms with van der Waals surface area (Å²) in [6, 6.07) is 37.2. The summed E-state index contributed by atoms with van der Waals surface area (Å²) in [5, 5.41) is 5.14. The summed E-state index contributed by atoms with van der Waals surface area (Å²) < 4.78 is 1.14. The summed E-state index contributed by atoms with van der Waals surface area (Å²) in [7, 11) is 0. The van der Waals surface area contributed by atoms with Gasteiger partial charge in [0.15, 0.2) is 0 Å². The van der Waals surface area contributed by atoms with E-state index in [1.54, 1.807) is 11.3 Å². The Labute approximate surface area is 185 Å². The number of rotatable bonds is 6. The van der Waals surface area contributed by atoms with E-state index in [0.717, 1.165) is 38.0 Å². The lowest BCUT2D eigenvalue weighted by Gasteiger charge is -2.25. The fraction of sp³-hybridized carbons (Fsp3) is 0. The van der Waals surface area contributed by atoms with Crippen LogP contribution in [-0.2, 0) is 0 Å².